The smallest absolute Gasteiger partial charge is 0.0931 e. The number of aromatic amines is 1. The number of H-pyrrole nitrogens is 1. The van der Waals surface area contributed by atoms with E-state index >= 15 is 0 Å². The van der Waals surface area contributed by atoms with Crippen molar-refractivity contribution < 1.29 is 0 Å². The summed E-state index contributed by atoms with van der Waals surface area (Å²) in [6.45, 7) is 3.83. The lowest BCUT2D eigenvalue weighted by Crippen LogP contribution is -2.32. The van der Waals surface area contributed by atoms with Crippen molar-refractivity contribution in [3.05, 3.63) is 30.1 Å². The normalized spacial score (nSPS) is 13.1. The van der Waals surface area contributed by atoms with Crippen LogP contribution in [0.1, 0.15) is 12.5 Å². The second-order valence-corrected chi connectivity index (χ2v) is 4.19. The monoisotopic (exact) mass is 218 g/mol. The molecule has 86 valence electrons. The summed E-state index contributed by atoms with van der Waals surface area (Å²) in [7, 11) is 0. The number of nitrogens with one attached hydrogen (secondary N) is 2. The third-order valence-corrected chi connectivity index (χ3v) is 2.54. The molecule has 1 atom stereocenters. The van der Waals surface area contributed by atoms with Gasteiger partial charge in [-0.3, -0.25) is 0 Å². The van der Waals surface area contributed by atoms with Crippen LogP contribution in [0.25, 0.3) is 11.0 Å². The van der Waals surface area contributed by atoms with Gasteiger partial charge in [0.2, 0.25) is 0 Å². The Morgan fingerprint density at radius 3 is 3.19 bits per heavy atom. The van der Waals surface area contributed by atoms with E-state index in [-0.39, 0.29) is 6.04 Å². The highest BCUT2D eigenvalue weighted by atomic mass is 14.9. The standard InChI is InChI=1S/C12H18N4/c1-9(13)7-14-5-4-10-2-3-11-12(6-10)16-8-15-11/h2-3,6,8-9,14H,4-5,7,13H2,1H3,(H,15,16). The zero-order valence-electron chi connectivity index (χ0n) is 9.53. The largest absolute Gasteiger partial charge is 0.345 e. The Bertz CT molecular complexity index is 447. The fourth-order valence-corrected chi connectivity index (χ4v) is 1.70. The zero-order valence-corrected chi connectivity index (χ0v) is 9.53. The van der Waals surface area contributed by atoms with Crippen LogP contribution in [0.2, 0.25) is 0 Å². The van der Waals surface area contributed by atoms with E-state index in [0.717, 1.165) is 30.5 Å². The molecule has 1 aromatic carbocycles. The van der Waals surface area contributed by atoms with Crippen molar-refractivity contribution in [3.63, 3.8) is 0 Å². The first-order chi connectivity index (χ1) is 7.75. The van der Waals surface area contributed by atoms with Gasteiger partial charge in [0.1, 0.15) is 0 Å². The van der Waals surface area contributed by atoms with E-state index < -0.39 is 0 Å². The van der Waals surface area contributed by atoms with Crippen molar-refractivity contribution in [2.45, 2.75) is 19.4 Å². The Hall–Kier alpha value is -1.39. The van der Waals surface area contributed by atoms with Crippen molar-refractivity contribution in [3.8, 4) is 0 Å². The van der Waals surface area contributed by atoms with Crippen LogP contribution < -0.4 is 11.1 Å². The van der Waals surface area contributed by atoms with Gasteiger partial charge in [-0.05, 0) is 37.6 Å². The molecule has 1 aromatic heterocycles. The summed E-state index contributed by atoms with van der Waals surface area (Å²) in [6.07, 6.45) is 2.74. The van der Waals surface area contributed by atoms with Crippen molar-refractivity contribution in [2.24, 2.45) is 5.73 Å². The molecule has 0 aliphatic heterocycles. The molecule has 1 unspecified atom stereocenters. The third-order valence-electron chi connectivity index (χ3n) is 2.54. The first-order valence-electron chi connectivity index (χ1n) is 5.64. The van der Waals surface area contributed by atoms with Crippen molar-refractivity contribution >= 4 is 11.0 Å². The molecule has 0 saturated carbocycles. The van der Waals surface area contributed by atoms with Crippen LogP contribution in [0.15, 0.2) is 24.5 Å². The molecule has 0 radical (unpaired) electrons. The average molecular weight is 218 g/mol. The highest BCUT2D eigenvalue weighted by molar-refractivity contribution is 5.74. The van der Waals surface area contributed by atoms with E-state index in [0.29, 0.717) is 0 Å². The molecular weight excluding hydrogens is 200 g/mol. The average Bonchev–Trinajstić information content (AvgIpc) is 2.71. The summed E-state index contributed by atoms with van der Waals surface area (Å²) in [5, 5.41) is 3.32. The van der Waals surface area contributed by atoms with Crippen LogP contribution in [-0.2, 0) is 6.42 Å². The lowest BCUT2D eigenvalue weighted by atomic mass is 10.1. The van der Waals surface area contributed by atoms with Gasteiger partial charge >= 0.3 is 0 Å². The summed E-state index contributed by atoms with van der Waals surface area (Å²) < 4.78 is 0. The topological polar surface area (TPSA) is 66.7 Å². The van der Waals surface area contributed by atoms with E-state index in [1.54, 1.807) is 6.33 Å². The first kappa shape index (κ1) is 11.1. The van der Waals surface area contributed by atoms with E-state index in [4.69, 9.17) is 5.73 Å². The van der Waals surface area contributed by atoms with Crippen molar-refractivity contribution in [1.29, 1.82) is 0 Å². The fraction of sp³-hybridized carbons (Fsp3) is 0.417. The van der Waals surface area contributed by atoms with Gasteiger partial charge in [-0.1, -0.05) is 6.07 Å². The Labute approximate surface area is 95.3 Å². The molecule has 0 amide bonds. The first-order valence-corrected chi connectivity index (χ1v) is 5.64. The number of nitrogens with two attached hydrogens (primary N) is 1. The maximum Gasteiger partial charge on any atom is 0.0931 e. The van der Waals surface area contributed by atoms with Gasteiger partial charge in [-0.2, -0.15) is 0 Å². The lowest BCUT2D eigenvalue weighted by Gasteiger charge is -2.07. The van der Waals surface area contributed by atoms with Crippen LogP contribution in [0.4, 0.5) is 0 Å². The van der Waals surface area contributed by atoms with E-state index in [9.17, 15) is 0 Å². The number of aromatic nitrogens is 2. The molecule has 0 spiro atoms. The summed E-state index contributed by atoms with van der Waals surface area (Å²) in [5.74, 6) is 0. The van der Waals surface area contributed by atoms with Gasteiger partial charge in [-0.25, -0.2) is 4.98 Å². The van der Waals surface area contributed by atoms with Crippen LogP contribution in [0.3, 0.4) is 0 Å². The second kappa shape index (κ2) is 5.09. The lowest BCUT2D eigenvalue weighted by molar-refractivity contribution is 0.609. The molecule has 16 heavy (non-hydrogen) atoms. The molecule has 0 saturated heterocycles. The molecule has 0 aliphatic carbocycles. The molecule has 0 fully saturated rings. The van der Waals surface area contributed by atoms with Gasteiger partial charge < -0.3 is 16.0 Å². The summed E-state index contributed by atoms with van der Waals surface area (Å²) in [5.41, 5.74) is 9.09. The minimum Gasteiger partial charge on any atom is -0.345 e. The van der Waals surface area contributed by atoms with Crippen LogP contribution >= 0.6 is 0 Å². The Kier molecular flexibility index (Phi) is 3.54. The number of hydrogen-bond acceptors (Lipinski definition) is 3. The molecule has 4 heteroatoms. The molecule has 4 N–H and O–H groups in total. The summed E-state index contributed by atoms with van der Waals surface area (Å²) in [6, 6.07) is 6.54. The molecule has 0 aliphatic rings. The van der Waals surface area contributed by atoms with Crippen molar-refractivity contribution in [2.75, 3.05) is 13.1 Å². The van der Waals surface area contributed by atoms with E-state index in [1.165, 1.54) is 5.56 Å². The number of rotatable bonds is 5. The van der Waals surface area contributed by atoms with Gasteiger partial charge in [0.25, 0.3) is 0 Å². The van der Waals surface area contributed by atoms with E-state index in [2.05, 4.69) is 27.4 Å². The SMILES string of the molecule is CC(N)CNCCc1ccc2nc[nH]c2c1. The highest BCUT2D eigenvalue weighted by Crippen LogP contribution is 2.11. The summed E-state index contributed by atoms with van der Waals surface area (Å²) in [4.78, 5) is 7.31. The van der Waals surface area contributed by atoms with Crippen LogP contribution in [0.5, 0.6) is 0 Å². The van der Waals surface area contributed by atoms with Gasteiger partial charge in [0, 0.05) is 12.6 Å². The predicted octanol–water partition coefficient (Wildman–Crippen LogP) is 1.04. The molecular formula is C12H18N4. The third kappa shape index (κ3) is 2.81. The Morgan fingerprint density at radius 1 is 1.50 bits per heavy atom. The number of benzene rings is 1. The minimum absolute atomic E-state index is 0.218. The molecule has 0 bridgehead atoms. The number of fused-ring (bicyclic) bond motifs is 1. The quantitative estimate of drug-likeness (QED) is 0.657. The zero-order chi connectivity index (χ0) is 11.4. The Morgan fingerprint density at radius 2 is 2.38 bits per heavy atom. The van der Waals surface area contributed by atoms with Gasteiger partial charge in [0.05, 0.1) is 17.4 Å². The molecule has 4 nitrogen and oxygen atoms in total. The minimum atomic E-state index is 0.218. The predicted molar refractivity (Wildman–Crippen MR) is 66.3 cm³/mol. The van der Waals surface area contributed by atoms with Gasteiger partial charge in [-0.15, -0.1) is 0 Å². The Balaban J connectivity index is 1.89. The number of nitrogens with zero attached hydrogens (tertiary/aromatic N) is 1. The van der Waals surface area contributed by atoms with E-state index in [1.807, 2.05) is 13.0 Å². The maximum absolute atomic E-state index is 5.66. The summed E-state index contributed by atoms with van der Waals surface area (Å²) >= 11 is 0. The number of hydrogen-bond donors (Lipinski definition) is 3. The highest BCUT2D eigenvalue weighted by Gasteiger charge is 1.98. The van der Waals surface area contributed by atoms with Gasteiger partial charge in [0.15, 0.2) is 0 Å². The maximum atomic E-state index is 5.66. The molecule has 2 rings (SSSR count). The number of imidazole rings is 1. The molecule has 2 aromatic rings. The second-order valence-electron chi connectivity index (χ2n) is 4.19. The van der Waals surface area contributed by atoms with Crippen LogP contribution in [-0.4, -0.2) is 29.1 Å². The van der Waals surface area contributed by atoms with Crippen molar-refractivity contribution in [1.82, 2.24) is 15.3 Å². The fourth-order valence-electron chi connectivity index (χ4n) is 1.70. The molecule has 1 heterocycles. The van der Waals surface area contributed by atoms with Crippen LogP contribution in [0, 0.1) is 0 Å².